The second kappa shape index (κ2) is 11.2. The van der Waals surface area contributed by atoms with Crippen LogP contribution in [-0.2, 0) is 16.1 Å². The summed E-state index contributed by atoms with van der Waals surface area (Å²) in [6, 6.07) is 24.5. The van der Waals surface area contributed by atoms with Crippen molar-refractivity contribution in [1.29, 1.82) is 0 Å². The van der Waals surface area contributed by atoms with Gasteiger partial charge in [0.15, 0.2) is 6.61 Å². The number of aromatic nitrogens is 1. The molecule has 0 unspecified atom stereocenters. The van der Waals surface area contributed by atoms with Crippen LogP contribution in [0.1, 0.15) is 18.1 Å². The van der Waals surface area contributed by atoms with E-state index in [1.54, 1.807) is 25.1 Å². The normalized spacial score (nSPS) is 10.6. The van der Waals surface area contributed by atoms with Crippen molar-refractivity contribution in [3.8, 4) is 17.0 Å². The lowest BCUT2D eigenvalue weighted by Crippen LogP contribution is -2.28. The van der Waals surface area contributed by atoms with Gasteiger partial charge in [0.05, 0.1) is 17.8 Å². The highest BCUT2D eigenvalue weighted by molar-refractivity contribution is 5.95. The van der Waals surface area contributed by atoms with Crippen LogP contribution < -0.4 is 15.4 Å². The molecule has 0 aliphatic carbocycles. The third kappa shape index (κ3) is 6.35. The Labute approximate surface area is 204 Å². The van der Waals surface area contributed by atoms with E-state index in [2.05, 4.69) is 10.6 Å². The van der Waals surface area contributed by atoms with Crippen molar-refractivity contribution in [2.24, 2.45) is 0 Å². The average Bonchev–Trinajstić information content (AvgIpc) is 2.87. The van der Waals surface area contributed by atoms with Crippen molar-refractivity contribution in [2.45, 2.75) is 20.4 Å². The molecule has 0 fully saturated rings. The molecule has 0 saturated heterocycles. The number of rotatable bonds is 8. The molecule has 2 amide bonds. The molecule has 7 nitrogen and oxygen atoms in total. The highest BCUT2D eigenvalue weighted by Crippen LogP contribution is 2.32. The molecule has 0 radical (unpaired) electrons. The SMILES string of the molecule is CCOC(=O)COc1cc(-c2ccc(C)cc2)nc2ccc(NC(=O)NCc3ccccc3)cc12. The third-order valence-electron chi connectivity index (χ3n) is 5.32. The average molecular weight is 470 g/mol. The van der Waals surface area contributed by atoms with Crippen LogP contribution in [0, 0.1) is 6.92 Å². The number of hydrogen-bond acceptors (Lipinski definition) is 5. The maximum atomic E-state index is 12.4. The maximum absolute atomic E-state index is 12.4. The molecule has 0 spiro atoms. The molecule has 0 aliphatic heterocycles. The quantitative estimate of drug-likeness (QED) is 0.334. The summed E-state index contributed by atoms with van der Waals surface area (Å²) >= 11 is 0. The van der Waals surface area contributed by atoms with Crippen LogP contribution in [0.15, 0.2) is 78.9 Å². The van der Waals surface area contributed by atoms with Gasteiger partial charge in [0.25, 0.3) is 0 Å². The Balaban J connectivity index is 1.59. The van der Waals surface area contributed by atoms with Gasteiger partial charge in [-0.2, -0.15) is 0 Å². The number of fused-ring (bicyclic) bond motifs is 1. The highest BCUT2D eigenvalue weighted by Gasteiger charge is 2.13. The second-order valence-corrected chi connectivity index (χ2v) is 7.99. The first-order valence-electron chi connectivity index (χ1n) is 11.4. The number of nitrogens with zero attached hydrogens (tertiary/aromatic N) is 1. The molecular formula is C28H27N3O4. The highest BCUT2D eigenvalue weighted by atomic mass is 16.6. The summed E-state index contributed by atoms with van der Waals surface area (Å²) in [5.74, 6) is 0.0240. The lowest BCUT2D eigenvalue weighted by Gasteiger charge is -2.13. The molecule has 2 N–H and O–H groups in total. The van der Waals surface area contributed by atoms with Crippen LogP contribution in [-0.4, -0.2) is 30.2 Å². The van der Waals surface area contributed by atoms with Gasteiger partial charge in [0.1, 0.15) is 5.75 Å². The van der Waals surface area contributed by atoms with Gasteiger partial charge in [-0.05, 0) is 37.6 Å². The minimum Gasteiger partial charge on any atom is -0.481 e. The van der Waals surface area contributed by atoms with Gasteiger partial charge in [-0.1, -0.05) is 60.2 Å². The van der Waals surface area contributed by atoms with Crippen LogP contribution in [0.4, 0.5) is 10.5 Å². The Morgan fingerprint density at radius 3 is 2.46 bits per heavy atom. The standard InChI is InChI=1S/C28H27N3O4/c1-3-34-27(32)18-35-26-16-25(21-11-9-19(2)10-12-21)31-24-14-13-22(15-23(24)26)30-28(33)29-17-20-7-5-4-6-8-20/h4-16H,3,17-18H2,1-2H3,(H2,29,30,33). The molecule has 4 aromatic rings. The number of esters is 1. The van der Waals surface area contributed by atoms with Gasteiger partial charge in [0, 0.05) is 29.2 Å². The Kier molecular flexibility index (Phi) is 7.57. The molecule has 7 heteroatoms. The summed E-state index contributed by atoms with van der Waals surface area (Å²) < 4.78 is 10.8. The van der Waals surface area contributed by atoms with Crippen molar-refractivity contribution in [3.05, 3.63) is 90.0 Å². The van der Waals surface area contributed by atoms with Crippen LogP contribution in [0.3, 0.4) is 0 Å². The number of nitrogens with one attached hydrogen (secondary N) is 2. The Hall–Kier alpha value is -4.39. The summed E-state index contributed by atoms with van der Waals surface area (Å²) in [5, 5.41) is 6.36. The molecule has 35 heavy (non-hydrogen) atoms. The van der Waals surface area contributed by atoms with Gasteiger partial charge < -0.3 is 20.1 Å². The Morgan fingerprint density at radius 1 is 0.943 bits per heavy atom. The number of carbonyl (C=O) groups is 2. The zero-order valence-corrected chi connectivity index (χ0v) is 19.7. The monoisotopic (exact) mass is 469 g/mol. The third-order valence-corrected chi connectivity index (χ3v) is 5.32. The van der Waals surface area contributed by atoms with Crippen LogP contribution in [0.2, 0.25) is 0 Å². The first-order chi connectivity index (χ1) is 17.0. The molecule has 178 valence electrons. The number of anilines is 1. The molecule has 1 heterocycles. The number of amides is 2. The van der Waals surface area contributed by atoms with Crippen molar-refractivity contribution in [2.75, 3.05) is 18.5 Å². The van der Waals surface area contributed by atoms with Gasteiger partial charge in [-0.15, -0.1) is 0 Å². The molecule has 0 atom stereocenters. The fourth-order valence-corrected chi connectivity index (χ4v) is 3.56. The fraction of sp³-hybridized carbons (Fsp3) is 0.179. The number of urea groups is 1. The van der Waals surface area contributed by atoms with E-state index in [-0.39, 0.29) is 19.2 Å². The predicted octanol–water partition coefficient (Wildman–Crippen LogP) is 5.47. The van der Waals surface area contributed by atoms with E-state index in [0.717, 1.165) is 22.4 Å². The number of pyridine rings is 1. The lowest BCUT2D eigenvalue weighted by atomic mass is 10.1. The number of hydrogen-bond donors (Lipinski definition) is 2. The van der Waals surface area contributed by atoms with Crippen LogP contribution in [0.25, 0.3) is 22.2 Å². The van der Waals surface area contributed by atoms with Crippen molar-refractivity contribution < 1.29 is 19.1 Å². The number of benzene rings is 3. The van der Waals surface area contributed by atoms with Gasteiger partial charge >= 0.3 is 12.0 Å². The van der Waals surface area contributed by atoms with E-state index in [1.165, 1.54) is 0 Å². The smallest absolute Gasteiger partial charge is 0.344 e. The number of carbonyl (C=O) groups excluding carboxylic acids is 2. The minimum atomic E-state index is -0.455. The molecule has 0 saturated carbocycles. The van der Waals surface area contributed by atoms with Crippen molar-refractivity contribution >= 4 is 28.6 Å². The summed E-state index contributed by atoms with van der Waals surface area (Å²) in [4.78, 5) is 29.1. The number of aryl methyl sites for hydroxylation is 1. The lowest BCUT2D eigenvalue weighted by molar-refractivity contribution is -0.145. The van der Waals surface area contributed by atoms with Crippen molar-refractivity contribution in [3.63, 3.8) is 0 Å². The fourth-order valence-electron chi connectivity index (χ4n) is 3.56. The largest absolute Gasteiger partial charge is 0.481 e. The summed E-state index contributed by atoms with van der Waals surface area (Å²) in [5.41, 5.74) is 5.06. The molecule has 4 rings (SSSR count). The predicted molar refractivity (Wildman–Crippen MR) is 136 cm³/mol. The van der Waals surface area contributed by atoms with Crippen LogP contribution in [0.5, 0.6) is 5.75 Å². The van der Waals surface area contributed by atoms with Gasteiger partial charge in [-0.3, -0.25) is 0 Å². The summed E-state index contributed by atoms with van der Waals surface area (Å²) in [6.07, 6.45) is 0. The van der Waals surface area contributed by atoms with Crippen molar-refractivity contribution in [1.82, 2.24) is 10.3 Å². The molecular weight excluding hydrogens is 442 g/mol. The first kappa shape index (κ1) is 23.8. The number of ether oxygens (including phenoxy) is 2. The Bertz CT molecular complexity index is 1320. The van der Waals surface area contributed by atoms with E-state index in [9.17, 15) is 9.59 Å². The Morgan fingerprint density at radius 2 is 1.71 bits per heavy atom. The van der Waals surface area contributed by atoms with E-state index in [4.69, 9.17) is 14.5 Å². The zero-order chi connectivity index (χ0) is 24.6. The molecule has 0 bridgehead atoms. The molecule has 0 aliphatic rings. The molecule has 1 aromatic heterocycles. The zero-order valence-electron chi connectivity index (χ0n) is 19.7. The van der Waals surface area contributed by atoms with E-state index < -0.39 is 5.97 Å². The van der Waals surface area contributed by atoms with E-state index in [1.807, 2.05) is 67.6 Å². The maximum Gasteiger partial charge on any atom is 0.344 e. The van der Waals surface area contributed by atoms with E-state index >= 15 is 0 Å². The first-order valence-corrected chi connectivity index (χ1v) is 11.4. The minimum absolute atomic E-state index is 0.227. The second-order valence-electron chi connectivity index (χ2n) is 7.99. The van der Waals surface area contributed by atoms with Crippen LogP contribution >= 0.6 is 0 Å². The van der Waals surface area contributed by atoms with Gasteiger partial charge in [0.2, 0.25) is 0 Å². The van der Waals surface area contributed by atoms with E-state index in [0.29, 0.717) is 28.9 Å². The summed E-state index contributed by atoms with van der Waals surface area (Å²) in [7, 11) is 0. The summed E-state index contributed by atoms with van der Waals surface area (Å²) in [6.45, 7) is 4.23. The topological polar surface area (TPSA) is 89.6 Å². The molecule has 3 aromatic carbocycles. The van der Waals surface area contributed by atoms with Gasteiger partial charge in [-0.25, -0.2) is 14.6 Å².